The van der Waals surface area contributed by atoms with Gasteiger partial charge in [-0.25, -0.2) is 9.97 Å². The van der Waals surface area contributed by atoms with Crippen molar-refractivity contribution < 1.29 is 0 Å². The van der Waals surface area contributed by atoms with Gasteiger partial charge in [0.1, 0.15) is 0 Å². The summed E-state index contributed by atoms with van der Waals surface area (Å²) in [6.45, 7) is 2.35. The zero-order valence-electron chi connectivity index (χ0n) is 37.1. The Kier molecular flexibility index (Phi) is 10.2. The zero-order valence-corrected chi connectivity index (χ0v) is 37.1. The van der Waals surface area contributed by atoms with Gasteiger partial charge in [0.15, 0.2) is 5.82 Å². The first-order valence-corrected chi connectivity index (χ1v) is 23.1. The first-order valence-electron chi connectivity index (χ1n) is 23.1. The van der Waals surface area contributed by atoms with Gasteiger partial charge in [-0.3, -0.25) is 0 Å². The van der Waals surface area contributed by atoms with Gasteiger partial charge in [0, 0.05) is 44.5 Å². The molecule has 318 valence electrons. The van der Waals surface area contributed by atoms with Crippen LogP contribution < -0.4 is 4.90 Å². The summed E-state index contributed by atoms with van der Waals surface area (Å²) in [6, 6.07) is 82.4. The SMILES string of the molecule is CC1C=C(c2ccc3c4ccccc4n(-c4ccc(-c5nc(-c6ccccc6)cc(-c6ccccc6)n5)cc4)c3c2)C=CC1N(c1ccc(-c2ccccc2)cc1)c1ccc2ccccc2c1. The van der Waals surface area contributed by atoms with Crippen LogP contribution in [-0.4, -0.2) is 20.6 Å². The van der Waals surface area contributed by atoms with Gasteiger partial charge in [-0.15, -0.1) is 0 Å². The van der Waals surface area contributed by atoms with Crippen LogP contribution in [0.2, 0.25) is 0 Å². The Morgan fingerprint density at radius 3 is 1.66 bits per heavy atom. The Labute approximate surface area is 391 Å². The molecule has 11 aromatic rings. The standard InChI is InChI=1S/C63H46N4/c1-43-39-51(31-38-60(43)66(55-36-27-45-17-11-12-22-50(45)40-55)53-32-25-46(26-33-53)44-15-5-2-6-16-44)52-30-37-57-56-23-13-14-24-61(56)67(62(57)41-52)54-34-28-49(29-35-54)63-64-58(47-18-7-3-8-19-47)42-59(65-63)48-20-9-4-10-21-48/h2-43,60H,1H3. The molecule has 0 bridgehead atoms. The molecule has 0 aliphatic heterocycles. The van der Waals surface area contributed by atoms with Crippen LogP contribution in [0.4, 0.5) is 11.4 Å². The van der Waals surface area contributed by atoms with Crippen LogP contribution in [0.1, 0.15) is 12.5 Å². The van der Waals surface area contributed by atoms with Crippen LogP contribution in [0.15, 0.2) is 249 Å². The summed E-state index contributed by atoms with van der Waals surface area (Å²) in [4.78, 5) is 12.7. The van der Waals surface area contributed by atoms with E-state index in [1.165, 1.54) is 60.5 Å². The predicted octanol–water partition coefficient (Wildman–Crippen LogP) is 16.2. The van der Waals surface area contributed by atoms with Gasteiger partial charge in [0.05, 0.1) is 28.5 Å². The number of fused-ring (bicyclic) bond motifs is 4. The molecule has 2 heterocycles. The summed E-state index contributed by atoms with van der Waals surface area (Å²) in [7, 11) is 0. The van der Waals surface area contributed by atoms with Crippen LogP contribution >= 0.6 is 0 Å². The lowest BCUT2D eigenvalue weighted by atomic mass is 9.88. The Hall–Kier alpha value is -8.60. The highest BCUT2D eigenvalue weighted by atomic mass is 15.2. The van der Waals surface area contributed by atoms with Crippen molar-refractivity contribution in [2.75, 3.05) is 4.90 Å². The number of nitrogens with zero attached hydrogens (tertiary/aromatic N) is 4. The topological polar surface area (TPSA) is 34.0 Å². The lowest BCUT2D eigenvalue weighted by molar-refractivity contribution is 0.612. The number of anilines is 2. The van der Waals surface area contributed by atoms with Crippen LogP contribution in [0.5, 0.6) is 0 Å². The van der Waals surface area contributed by atoms with Crippen molar-refractivity contribution in [1.82, 2.24) is 14.5 Å². The van der Waals surface area contributed by atoms with E-state index in [9.17, 15) is 0 Å². The molecule has 0 radical (unpaired) electrons. The molecular formula is C63H46N4. The van der Waals surface area contributed by atoms with Gasteiger partial charge in [-0.1, -0.05) is 189 Å². The maximum atomic E-state index is 5.10. The first-order chi connectivity index (χ1) is 33.1. The molecule has 0 spiro atoms. The minimum Gasteiger partial charge on any atom is -0.334 e. The molecule has 67 heavy (non-hydrogen) atoms. The summed E-state index contributed by atoms with van der Waals surface area (Å²) in [5.74, 6) is 0.905. The Morgan fingerprint density at radius 2 is 0.970 bits per heavy atom. The number of rotatable bonds is 9. The highest BCUT2D eigenvalue weighted by Gasteiger charge is 2.27. The van der Waals surface area contributed by atoms with E-state index in [0.29, 0.717) is 5.82 Å². The van der Waals surface area contributed by atoms with Gasteiger partial charge in [0.25, 0.3) is 0 Å². The number of aromatic nitrogens is 3. The van der Waals surface area contributed by atoms with E-state index in [2.05, 4.69) is 253 Å². The van der Waals surface area contributed by atoms with Crippen molar-refractivity contribution in [2.45, 2.75) is 13.0 Å². The predicted molar refractivity (Wildman–Crippen MR) is 281 cm³/mol. The molecule has 4 heteroatoms. The fraction of sp³-hybridized carbons (Fsp3) is 0.0476. The largest absolute Gasteiger partial charge is 0.334 e. The number of hydrogen-bond donors (Lipinski definition) is 0. The quantitative estimate of drug-likeness (QED) is 0.145. The van der Waals surface area contributed by atoms with Crippen molar-refractivity contribution in [3.05, 3.63) is 254 Å². The molecule has 2 unspecified atom stereocenters. The summed E-state index contributed by atoms with van der Waals surface area (Å²) >= 11 is 0. The highest BCUT2D eigenvalue weighted by Crippen LogP contribution is 2.40. The maximum absolute atomic E-state index is 5.10. The van der Waals surface area contributed by atoms with Crippen molar-refractivity contribution in [1.29, 1.82) is 0 Å². The van der Waals surface area contributed by atoms with Gasteiger partial charge in [0.2, 0.25) is 0 Å². The fourth-order valence-electron chi connectivity index (χ4n) is 9.87. The van der Waals surface area contributed by atoms with Gasteiger partial charge < -0.3 is 9.47 Å². The average molecular weight is 859 g/mol. The Bertz CT molecular complexity index is 3570. The molecule has 0 amide bonds. The van der Waals surface area contributed by atoms with E-state index in [0.717, 1.165) is 39.5 Å². The molecule has 0 N–H and O–H groups in total. The van der Waals surface area contributed by atoms with E-state index in [4.69, 9.17) is 9.97 Å². The molecule has 1 aliphatic carbocycles. The number of benzene rings is 9. The maximum Gasteiger partial charge on any atom is 0.160 e. The second kappa shape index (κ2) is 17.1. The molecule has 12 rings (SSSR count). The van der Waals surface area contributed by atoms with Crippen molar-refractivity contribution in [3.63, 3.8) is 0 Å². The number of allylic oxidation sites excluding steroid dienone is 2. The van der Waals surface area contributed by atoms with Gasteiger partial charge >= 0.3 is 0 Å². The monoisotopic (exact) mass is 858 g/mol. The third kappa shape index (κ3) is 7.59. The molecule has 1 aliphatic rings. The highest BCUT2D eigenvalue weighted by molar-refractivity contribution is 6.10. The van der Waals surface area contributed by atoms with Crippen LogP contribution in [0, 0.1) is 5.92 Å². The summed E-state index contributed by atoms with van der Waals surface area (Å²) in [5.41, 5.74) is 15.5. The number of hydrogen-bond acceptors (Lipinski definition) is 3. The van der Waals surface area contributed by atoms with E-state index >= 15 is 0 Å². The number of para-hydroxylation sites is 1. The minimum atomic E-state index is 0.0994. The van der Waals surface area contributed by atoms with Gasteiger partial charge in [-0.2, -0.15) is 0 Å². The zero-order chi connectivity index (χ0) is 44.7. The summed E-state index contributed by atoms with van der Waals surface area (Å²) in [5, 5.41) is 4.92. The Morgan fingerprint density at radius 1 is 0.418 bits per heavy atom. The third-order valence-electron chi connectivity index (χ3n) is 13.3. The lowest BCUT2D eigenvalue weighted by Crippen LogP contribution is -2.35. The van der Waals surface area contributed by atoms with Crippen molar-refractivity contribution in [2.24, 2.45) is 5.92 Å². The molecular weight excluding hydrogens is 813 g/mol. The minimum absolute atomic E-state index is 0.0994. The summed E-state index contributed by atoms with van der Waals surface area (Å²) in [6.07, 6.45) is 7.18. The second-order valence-corrected chi connectivity index (χ2v) is 17.5. The normalized spacial score (nSPS) is 14.7. The average Bonchev–Trinajstić information content (AvgIpc) is 3.73. The fourth-order valence-corrected chi connectivity index (χ4v) is 9.87. The van der Waals surface area contributed by atoms with E-state index < -0.39 is 0 Å². The third-order valence-corrected chi connectivity index (χ3v) is 13.3. The Balaban J connectivity index is 0.899. The molecule has 4 nitrogen and oxygen atoms in total. The van der Waals surface area contributed by atoms with Crippen LogP contribution in [0.3, 0.4) is 0 Å². The van der Waals surface area contributed by atoms with Crippen molar-refractivity contribution in [3.8, 4) is 50.7 Å². The lowest BCUT2D eigenvalue weighted by Gasteiger charge is -2.37. The molecule has 0 saturated heterocycles. The molecule has 2 atom stereocenters. The molecule has 0 fully saturated rings. The smallest absolute Gasteiger partial charge is 0.160 e. The second-order valence-electron chi connectivity index (χ2n) is 17.5. The van der Waals surface area contributed by atoms with E-state index in [-0.39, 0.29) is 12.0 Å². The molecule has 9 aromatic carbocycles. The van der Waals surface area contributed by atoms with Crippen molar-refractivity contribution >= 4 is 49.5 Å². The van der Waals surface area contributed by atoms with Gasteiger partial charge in [-0.05, 0) is 106 Å². The summed E-state index contributed by atoms with van der Waals surface area (Å²) < 4.78 is 2.40. The van der Waals surface area contributed by atoms with Crippen LogP contribution in [-0.2, 0) is 0 Å². The van der Waals surface area contributed by atoms with E-state index in [1.54, 1.807) is 0 Å². The first kappa shape index (κ1) is 40.0. The molecule has 2 aromatic heterocycles. The van der Waals surface area contributed by atoms with E-state index in [1.807, 2.05) is 12.1 Å². The van der Waals surface area contributed by atoms with Crippen LogP contribution in [0.25, 0.3) is 88.9 Å². The molecule has 0 saturated carbocycles.